The number of nitrogens with zero attached hydrogens (tertiary/aromatic N) is 1. The number of phenols is 1. The summed E-state index contributed by atoms with van der Waals surface area (Å²) in [5.74, 6) is -0.349. The fourth-order valence-corrected chi connectivity index (χ4v) is 1.71. The molecule has 1 atom stereocenters. The first-order chi connectivity index (χ1) is 6.97. The van der Waals surface area contributed by atoms with Crippen molar-refractivity contribution in [2.75, 3.05) is 0 Å². The van der Waals surface area contributed by atoms with E-state index in [0.717, 1.165) is 0 Å². The number of nitro groups is 1. The molecule has 0 heterocycles. The van der Waals surface area contributed by atoms with Crippen molar-refractivity contribution in [2.45, 2.75) is 19.4 Å². The van der Waals surface area contributed by atoms with E-state index in [9.17, 15) is 15.2 Å². The van der Waals surface area contributed by atoms with Crippen LogP contribution in [0.4, 0.5) is 5.69 Å². The minimum atomic E-state index is -0.633. The summed E-state index contributed by atoms with van der Waals surface area (Å²) in [5, 5.41) is 20.3. The Hall–Kier alpha value is -0.850. The molecule has 0 aliphatic carbocycles. The van der Waals surface area contributed by atoms with Gasteiger partial charge in [-0.2, -0.15) is 0 Å². The molecule has 0 unspecified atom stereocenters. The van der Waals surface area contributed by atoms with Crippen LogP contribution in [0.25, 0.3) is 0 Å². The van der Waals surface area contributed by atoms with Crippen LogP contribution in [0.5, 0.6) is 5.75 Å². The van der Waals surface area contributed by atoms with Crippen molar-refractivity contribution in [3.63, 3.8) is 0 Å². The molecule has 0 spiro atoms. The van der Waals surface area contributed by atoms with Crippen molar-refractivity contribution in [3.05, 3.63) is 32.3 Å². The quantitative estimate of drug-likeness (QED) is 0.663. The van der Waals surface area contributed by atoms with Crippen LogP contribution in [0.1, 0.15) is 24.9 Å². The van der Waals surface area contributed by atoms with E-state index in [0.29, 0.717) is 16.5 Å². The van der Waals surface area contributed by atoms with Crippen molar-refractivity contribution >= 4 is 34.0 Å². The summed E-state index contributed by atoms with van der Waals surface area (Å²) in [6.07, 6.45) is 0.598. The van der Waals surface area contributed by atoms with Gasteiger partial charge in [-0.05, 0) is 12.5 Å². The highest BCUT2D eigenvalue weighted by Crippen LogP contribution is 2.36. The molecule has 1 aromatic carbocycles. The minimum absolute atomic E-state index is 0. The van der Waals surface area contributed by atoms with E-state index in [2.05, 4.69) is 15.9 Å². The topological polar surface area (TPSA) is 89.4 Å². The van der Waals surface area contributed by atoms with E-state index in [1.807, 2.05) is 6.92 Å². The van der Waals surface area contributed by atoms with Gasteiger partial charge in [0.15, 0.2) is 5.75 Å². The van der Waals surface area contributed by atoms with Crippen LogP contribution in [0.3, 0.4) is 0 Å². The highest BCUT2D eigenvalue weighted by atomic mass is 79.9. The summed E-state index contributed by atoms with van der Waals surface area (Å²) >= 11 is 3.14. The SMILES string of the molecule is CC[C@@H](N)c1cc(Br)cc([N+](=O)[O-])c1O.Cl. The molecule has 0 bridgehead atoms. The zero-order valence-corrected chi connectivity index (χ0v) is 10.9. The maximum atomic E-state index is 10.6. The molecule has 0 radical (unpaired) electrons. The number of nitro benzene ring substituents is 1. The Morgan fingerprint density at radius 3 is 2.62 bits per heavy atom. The van der Waals surface area contributed by atoms with Gasteiger partial charge in [0.05, 0.1) is 4.92 Å². The molecule has 3 N–H and O–H groups in total. The predicted octanol–water partition coefficient (Wildman–Crippen LogP) is 2.89. The summed E-state index contributed by atoms with van der Waals surface area (Å²) in [6.45, 7) is 1.84. The number of aromatic hydroxyl groups is 1. The lowest BCUT2D eigenvalue weighted by Crippen LogP contribution is -2.09. The van der Waals surface area contributed by atoms with E-state index in [1.54, 1.807) is 6.07 Å². The molecule has 0 saturated carbocycles. The third kappa shape index (κ3) is 3.07. The number of benzene rings is 1. The molecular formula is C9H12BrClN2O3. The standard InChI is InChI=1S/C9H11BrN2O3.ClH/c1-2-7(11)6-3-5(10)4-8(9(6)13)12(14)15;/h3-4,7,13H,2,11H2,1H3;1H/t7-;/m1./s1. The number of halogens is 2. The van der Waals surface area contributed by atoms with Crippen LogP contribution in [0.15, 0.2) is 16.6 Å². The summed E-state index contributed by atoms with van der Waals surface area (Å²) in [6, 6.07) is 2.44. The van der Waals surface area contributed by atoms with Gasteiger partial charge in [0, 0.05) is 22.1 Å². The average Bonchev–Trinajstić information content (AvgIpc) is 2.19. The number of rotatable bonds is 3. The Kier molecular flexibility index (Phi) is 5.71. The lowest BCUT2D eigenvalue weighted by Gasteiger charge is -2.11. The van der Waals surface area contributed by atoms with E-state index >= 15 is 0 Å². The first-order valence-corrected chi connectivity index (χ1v) is 5.19. The number of hydrogen-bond donors (Lipinski definition) is 2. The van der Waals surface area contributed by atoms with Crippen LogP contribution < -0.4 is 5.73 Å². The van der Waals surface area contributed by atoms with Crippen LogP contribution in [0, 0.1) is 10.1 Å². The highest BCUT2D eigenvalue weighted by molar-refractivity contribution is 9.10. The monoisotopic (exact) mass is 310 g/mol. The van der Waals surface area contributed by atoms with Crippen LogP contribution in [-0.4, -0.2) is 10.0 Å². The van der Waals surface area contributed by atoms with Gasteiger partial charge in [-0.15, -0.1) is 12.4 Å². The largest absolute Gasteiger partial charge is 0.502 e. The van der Waals surface area contributed by atoms with Crippen LogP contribution in [-0.2, 0) is 0 Å². The number of phenolic OH excluding ortho intramolecular Hbond substituents is 1. The molecule has 16 heavy (non-hydrogen) atoms. The summed E-state index contributed by atoms with van der Waals surface area (Å²) in [5.41, 5.74) is 5.79. The smallest absolute Gasteiger partial charge is 0.312 e. The third-order valence-electron chi connectivity index (χ3n) is 2.12. The number of hydrogen-bond acceptors (Lipinski definition) is 4. The van der Waals surface area contributed by atoms with Gasteiger partial charge < -0.3 is 10.8 Å². The van der Waals surface area contributed by atoms with Gasteiger partial charge in [0.1, 0.15) is 0 Å². The Labute approximate surface area is 107 Å². The molecule has 5 nitrogen and oxygen atoms in total. The molecular weight excluding hydrogens is 299 g/mol. The maximum Gasteiger partial charge on any atom is 0.312 e. The van der Waals surface area contributed by atoms with Crippen molar-refractivity contribution in [1.82, 2.24) is 0 Å². The molecule has 0 fully saturated rings. The second-order valence-corrected chi connectivity index (χ2v) is 4.05. The summed E-state index contributed by atoms with van der Waals surface area (Å²) in [4.78, 5) is 9.99. The minimum Gasteiger partial charge on any atom is -0.502 e. The van der Waals surface area contributed by atoms with Gasteiger partial charge in [-0.1, -0.05) is 22.9 Å². The van der Waals surface area contributed by atoms with Crippen molar-refractivity contribution in [1.29, 1.82) is 0 Å². The zero-order valence-electron chi connectivity index (χ0n) is 8.51. The van der Waals surface area contributed by atoms with E-state index in [4.69, 9.17) is 5.73 Å². The second-order valence-electron chi connectivity index (χ2n) is 3.13. The molecule has 0 aliphatic rings. The van der Waals surface area contributed by atoms with Gasteiger partial charge >= 0.3 is 5.69 Å². The first-order valence-electron chi connectivity index (χ1n) is 4.39. The van der Waals surface area contributed by atoms with Crippen molar-refractivity contribution in [3.8, 4) is 5.75 Å². The van der Waals surface area contributed by atoms with E-state index in [1.165, 1.54) is 6.07 Å². The van der Waals surface area contributed by atoms with Crippen LogP contribution >= 0.6 is 28.3 Å². The van der Waals surface area contributed by atoms with Gasteiger partial charge in [-0.25, -0.2) is 0 Å². The lowest BCUT2D eigenvalue weighted by molar-refractivity contribution is -0.386. The lowest BCUT2D eigenvalue weighted by atomic mass is 10.0. The molecule has 90 valence electrons. The van der Waals surface area contributed by atoms with Gasteiger partial charge in [-0.3, -0.25) is 10.1 Å². The molecule has 0 aliphatic heterocycles. The molecule has 1 aromatic rings. The maximum absolute atomic E-state index is 10.6. The second kappa shape index (κ2) is 6.03. The normalized spacial score (nSPS) is 11.7. The molecule has 1 rings (SSSR count). The van der Waals surface area contributed by atoms with E-state index in [-0.39, 0.29) is 23.8 Å². The Morgan fingerprint density at radius 2 is 2.19 bits per heavy atom. The summed E-state index contributed by atoms with van der Waals surface area (Å²) < 4.78 is 0.533. The summed E-state index contributed by atoms with van der Waals surface area (Å²) in [7, 11) is 0. The van der Waals surface area contributed by atoms with Gasteiger partial charge in [0.25, 0.3) is 0 Å². The first kappa shape index (κ1) is 15.2. The van der Waals surface area contributed by atoms with Crippen LogP contribution in [0.2, 0.25) is 0 Å². The third-order valence-corrected chi connectivity index (χ3v) is 2.58. The Bertz CT molecular complexity index is 401. The number of nitrogens with two attached hydrogens (primary N) is 1. The van der Waals surface area contributed by atoms with Gasteiger partial charge in [0.2, 0.25) is 0 Å². The molecule has 0 saturated heterocycles. The van der Waals surface area contributed by atoms with E-state index < -0.39 is 11.0 Å². The fraction of sp³-hybridized carbons (Fsp3) is 0.333. The molecule has 0 amide bonds. The Morgan fingerprint density at radius 1 is 1.62 bits per heavy atom. The zero-order chi connectivity index (χ0) is 11.6. The Balaban J connectivity index is 0.00000225. The predicted molar refractivity (Wildman–Crippen MR) is 66.9 cm³/mol. The highest BCUT2D eigenvalue weighted by Gasteiger charge is 2.21. The fourth-order valence-electron chi connectivity index (χ4n) is 1.25. The average molecular weight is 312 g/mol. The molecule has 7 heteroatoms. The van der Waals surface area contributed by atoms with Crippen molar-refractivity contribution in [2.24, 2.45) is 5.73 Å². The van der Waals surface area contributed by atoms with Crippen molar-refractivity contribution < 1.29 is 10.0 Å². The molecule has 0 aromatic heterocycles.